The average molecular weight is 386 g/mol. The van der Waals surface area contributed by atoms with Crippen LogP contribution in [0.3, 0.4) is 0 Å². The highest BCUT2D eigenvalue weighted by Crippen LogP contribution is 2.31. The zero-order valence-electron chi connectivity index (χ0n) is 16.2. The Balaban J connectivity index is 1.74. The smallest absolute Gasteiger partial charge is 0.164 e. The van der Waals surface area contributed by atoms with Gasteiger partial charge in [0.15, 0.2) is 17.5 Å². The summed E-state index contributed by atoms with van der Waals surface area (Å²) in [6.07, 6.45) is 3.59. The molecule has 4 nitrogen and oxygen atoms in total. The molecule has 0 N–H and O–H groups in total. The van der Waals surface area contributed by atoms with E-state index >= 15 is 0 Å². The van der Waals surface area contributed by atoms with Crippen LogP contribution in [0.4, 0.5) is 0 Å². The van der Waals surface area contributed by atoms with E-state index in [1.165, 1.54) is 0 Å². The molecule has 4 heteroatoms. The Morgan fingerprint density at radius 2 is 0.833 bits per heavy atom. The molecular formula is C26H18N4. The highest BCUT2D eigenvalue weighted by atomic mass is 15.0. The van der Waals surface area contributed by atoms with Crippen molar-refractivity contribution >= 4 is 0 Å². The topological polar surface area (TPSA) is 51.6 Å². The fourth-order valence-corrected chi connectivity index (χ4v) is 3.39. The number of hydrogen-bond acceptors (Lipinski definition) is 4. The van der Waals surface area contributed by atoms with Crippen LogP contribution in [0.25, 0.3) is 45.3 Å². The Hall–Kier alpha value is -4.18. The maximum absolute atomic E-state index is 4.85. The predicted octanol–water partition coefficient (Wildman–Crippen LogP) is 5.93. The minimum absolute atomic E-state index is 0.648. The highest BCUT2D eigenvalue weighted by Gasteiger charge is 2.15. The van der Waals surface area contributed by atoms with E-state index < -0.39 is 0 Å². The number of rotatable bonds is 4. The molecular weight excluding hydrogens is 368 g/mol. The van der Waals surface area contributed by atoms with Gasteiger partial charge in [0.05, 0.1) is 0 Å². The van der Waals surface area contributed by atoms with Gasteiger partial charge in [-0.2, -0.15) is 0 Å². The molecule has 0 aliphatic rings. The largest absolute Gasteiger partial charge is 0.265 e. The van der Waals surface area contributed by atoms with E-state index in [1.807, 2.05) is 84.9 Å². The number of hydrogen-bond donors (Lipinski definition) is 0. The van der Waals surface area contributed by atoms with Crippen molar-refractivity contribution in [3.05, 3.63) is 109 Å². The lowest BCUT2D eigenvalue weighted by Crippen LogP contribution is -2.01. The van der Waals surface area contributed by atoms with Crippen LogP contribution in [0.2, 0.25) is 0 Å². The van der Waals surface area contributed by atoms with Gasteiger partial charge in [-0.3, -0.25) is 4.98 Å². The van der Waals surface area contributed by atoms with Crippen LogP contribution in [-0.4, -0.2) is 19.9 Å². The van der Waals surface area contributed by atoms with Crippen LogP contribution in [0.5, 0.6) is 0 Å². The molecule has 0 unspecified atom stereocenters. The summed E-state index contributed by atoms with van der Waals surface area (Å²) in [4.78, 5) is 18.6. The average Bonchev–Trinajstić information content (AvgIpc) is 2.85. The van der Waals surface area contributed by atoms with Crippen LogP contribution in [0.15, 0.2) is 109 Å². The Bertz CT molecular complexity index is 1210. The van der Waals surface area contributed by atoms with Gasteiger partial charge in [0, 0.05) is 29.1 Å². The molecule has 142 valence electrons. The SMILES string of the molecule is c1ccc(-c2nc(-c3ccccc3)nc(-c3ccccc3-c3ccncc3)n2)cc1. The summed E-state index contributed by atoms with van der Waals surface area (Å²) in [5, 5.41) is 0. The van der Waals surface area contributed by atoms with Gasteiger partial charge in [-0.25, -0.2) is 15.0 Å². The third-order valence-electron chi connectivity index (χ3n) is 4.86. The lowest BCUT2D eigenvalue weighted by atomic mass is 10.00. The minimum atomic E-state index is 0.648. The van der Waals surface area contributed by atoms with E-state index in [9.17, 15) is 0 Å². The summed E-state index contributed by atoms with van der Waals surface area (Å²) in [5.74, 6) is 1.96. The highest BCUT2D eigenvalue weighted by molar-refractivity contribution is 5.81. The Kier molecular flexibility index (Phi) is 4.80. The summed E-state index contributed by atoms with van der Waals surface area (Å²) in [6, 6.07) is 32.2. The number of benzene rings is 3. The molecule has 0 fully saturated rings. The van der Waals surface area contributed by atoms with E-state index in [2.05, 4.69) is 17.1 Å². The van der Waals surface area contributed by atoms with Crippen LogP contribution in [0.1, 0.15) is 0 Å². The standard InChI is InChI=1S/C26H18N4/c1-3-9-20(10-4-1)24-28-25(21-11-5-2-6-12-21)30-26(29-24)23-14-8-7-13-22(23)19-15-17-27-18-16-19/h1-18H. The molecule has 5 rings (SSSR count). The molecule has 0 saturated carbocycles. The Morgan fingerprint density at radius 1 is 0.367 bits per heavy atom. The molecule has 2 heterocycles. The lowest BCUT2D eigenvalue weighted by Gasteiger charge is -2.11. The summed E-state index contributed by atoms with van der Waals surface area (Å²) in [6.45, 7) is 0. The fraction of sp³-hybridized carbons (Fsp3) is 0. The molecule has 3 aromatic carbocycles. The van der Waals surface area contributed by atoms with Gasteiger partial charge >= 0.3 is 0 Å². The molecule has 0 saturated heterocycles. The van der Waals surface area contributed by atoms with E-state index in [0.29, 0.717) is 17.5 Å². The maximum Gasteiger partial charge on any atom is 0.164 e. The number of nitrogens with zero attached hydrogens (tertiary/aromatic N) is 4. The lowest BCUT2D eigenvalue weighted by molar-refractivity contribution is 1.07. The normalized spacial score (nSPS) is 10.7. The van der Waals surface area contributed by atoms with E-state index in [0.717, 1.165) is 27.8 Å². The predicted molar refractivity (Wildman–Crippen MR) is 119 cm³/mol. The minimum Gasteiger partial charge on any atom is -0.265 e. The van der Waals surface area contributed by atoms with Crippen molar-refractivity contribution in [1.29, 1.82) is 0 Å². The molecule has 0 radical (unpaired) electrons. The van der Waals surface area contributed by atoms with Crippen LogP contribution < -0.4 is 0 Å². The monoisotopic (exact) mass is 386 g/mol. The van der Waals surface area contributed by atoms with E-state index in [1.54, 1.807) is 12.4 Å². The molecule has 0 bridgehead atoms. The fourth-order valence-electron chi connectivity index (χ4n) is 3.39. The summed E-state index contributed by atoms with van der Waals surface area (Å²) < 4.78 is 0. The molecule has 5 aromatic rings. The number of pyridine rings is 1. The van der Waals surface area contributed by atoms with Crippen LogP contribution in [0, 0.1) is 0 Å². The first-order chi connectivity index (χ1) is 14.9. The van der Waals surface area contributed by atoms with Crippen molar-refractivity contribution in [1.82, 2.24) is 19.9 Å². The molecule has 0 amide bonds. The third kappa shape index (κ3) is 3.59. The first-order valence-electron chi connectivity index (χ1n) is 9.75. The first-order valence-corrected chi connectivity index (χ1v) is 9.75. The molecule has 0 spiro atoms. The van der Waals surface area contributed by atoms with Gasteiger partial charge in [-0.1, -0.05) is 84.9 Å². The Morgan fingerprint density at radius 3 is 1.40 bits per heavy atom. The van der Waals surface area contributed by atoms with Crippen LogP contribution >= 0.6 is 0 Å². The van der Waals surface area contributed by atoms with Gasteiger partial charge in [-0.05, 0) is 23.3 Å². The third-order valence-corrected chi connectivity index (χ3v) is 4.86. The maximum atomic E-state index is 4.85. The second kappa shape index (κ2) is 8.05. The zero-order chi connectivity index (χ0) is 20.2. The van der Waals surface area contributed by atoms with Crippen molar-refractivity contribution in [2.75, 3.05) is 0 Å². The second-order valence-corrected chi connectivity index (χ2v) is 6.82. The van der Waals surface area contributed by atoms with Gasteiger partial charge in [0.25, 0.3) is 0 Å². The quantitative estimate of drug-likeness (QED) is 0.384. The van der Waals surface area contributed by atoms with Crippen molar-refractivity contribution in [2.24, 2.45) is 0 Å². The summed E-state index contributed by atoms with van der Waals surface area (Å²) in [5.41, 5.74) is 5.01. The van der Waals surface area contributed by atoms with Gasteiger partial charge < -0.3 is 0 Å². The molecule has 30 heavy (non-hydrogen) atoms. The van der Waals surface area contributed by atoms with Gasteiger partial charge in [0.1, 0.15) is 0 Å². The van der Waals surface area contributed by atoms with Gasteiger partial charge in [-0.15, -0.1) is 0 Å². The molecule has 0 atom stereocenters. The molecule has 0 aliphatic heterocycles. The molecule has 0 aliphatic carbocycles. The van der Waals surface area contributed by atoms with Crippen molar-refractivity contribution in [3.8, 4) is 45.3 Å². The molecule has 2 aromatic heterocycles. The first kappa shape index (κ1) is 17.9. The summed E-state index contributed by atoms with van der Waals surface area (Å²) >= 11 is 0. The van der Waals surface area contributed by atoms with Crippen molar-refractivity contribution < 1.29 is 0 Å². The van der Waals surface area contributed by atoms with Crippen molar-refractivity contribution in [3.63, 3.8) is 0 Å². The Labute approximate surface area is 175 Å². The van der Waals surface area contributed by atoms with Crippen molar-refractivity contribution in [2.45, 2.75) is 0 Å². The summed E-state index contributed by atoms with van der Waals surface area (Å²) in [7, 11) is 0. The second-order valence-electron chi connectivity index (χ2n) is 6.82. The van der Waals surface area contributed by atoms with Crippen LogP contribution in [-0.2, 0) is 0 Å². The number of aromatic nitrogens is 4. The van der Waals surface area contributed by atoms with Gasteiger partial charge in [0.2, 0.25) is 0 Å². The zero-order valence-corrected chi connectivity index (χ0v) is 16.2. The van der Waals surface area contributed by atoms with E-state index in [4.69, 9.17) is 15.0 Å². The van der Waals surface area contributed by atoms with E-state index in [-0.39, 0.29) is 0 Å².